The van der Waals surface area contributed by atoms with E-state index < -0.39 is 0 Å². The molecule has 3 atom stereocenters. The zero-order valence-corrected chi connectivity index (χ0v) is 19.4. The van der Waals surface area contributed by atoms with Gasteiger partial charge >= 0.3 is 0 Å². The number of likely N-dealkylation sites (N-methyl/N-ethyl adjacent to an activating group) is 1. The lowest BCUT2D eigenvalue weighted by Crippen LogP contribution is -2.58. The first-order valence-electron chi connectivity index (χ1n) is 10.6. The van der Waals surface area contributed by atoms with E-state index in [-0.39, 0.29) is 30.0 Å². The number of rotatable bonds is 4. The quantitative estimate of drug-likeness (QED) is 0.634. The third-order valence-electron chi connectivity index (χ3n) is 6.95. The highest BCUT2D eigenvalue weighted by atomic mass is 35.5. The molecule has 1 spiro atoms. The van der Waals surface area contributed by atoms with Gasteiger partial charge in [-0.05, 0) is 75.7 Å². The van der Waals surface area contributed by atoms with Crippen LogP contribution in [-0.2, 0) is 16.0 Å². The Morgan fingerprint density at radius 2 is 1.97 bits per heavy atom. The van der Waals surface area contributed by atoms with Crippen molar-refractivity contribution in [2.24, 2.45) is 0 Å². The maximum absolute atomic E-state index is 13.1. The lowest BCUT2D eigenvalue weighted by Gasteiger charge is -2.48. The Morgan fingerprint density at radius 1 is 1.21 bits per heavy atom. The van der Waals surface area contributed by atoms with Gasteiger partial charge in [0, 0.05) is 25.7 Å². The average Bonchev–Trinajstić information content (AvgIpc) is 3.37. The van der Waals surface area contributed by atoms with E-state index in [1.807, 2.05) is 18.0 Å². The van der Waals surface area contributed by atoms with Crippen molar-refractivity contribution >= 4 is 41.5 Å². The molecule has 1 aromatic rings. The minimum absolute atomic E-state index is 0. The maximum Gasteiger partial charge on any atom is 0.227 e. The number of carbonyl (C=O) groups is 1. The SMILES string of the molecule is CN(C(=O)Cc1ccc(Cl)c(Cl)c1)C1CCC2(CCCO2)CC1N1CCCC1.Cl. The van der Waals surface area contributed by atoms with Gasteiger partial charge in [-0.15, -0.1) is 12.4 Å². The molecular weight excluding hydrogens is 431 g/mol. The first-order chi connectivity index (χ1) is 13.5. The predicted octanol–water partition coefficient (Wildman–Crippen LogP) is 4.98. The van der Waals surface area contributed by atoms with E-state index in [4.69, 9.17) is 27.9 Å². The Morgan fingerprint density at radius 3 is 2.62 bits per heavy atom. The molecule has 162 valence electrons. The fourth-order valence-electron chi connectivity index (χ4n) is 5.37. The van der Waals surface area contributed by atoms with Gasteiger partial charge < -0.3 is 9.64 Å². The van der Waals surface area contributed by atoms with E-state index in [1.54, 1.807) is 12.1 Å². The van der Waals surface area contributed by atoms with Crippen LogP contribution in [0.15, 0.2) is 18.2 Å². The van der Waals surface area contributed by atoms with E-state index in [2.05, 4.69) is 4.90 Å². The van der Waals surface area contributed by atoms with Crippen LogP contribution in [0.5, 0.6) is 0 Å². The van der Waals surface area contributed by atoms with Gasteiger partial charge in [0.25, 0.3) is 0 Å². The zero-order chi connectivity index (χ0) is 19.7. The number of likely N-dealkylation sites (tertiary alicyclic amines) is 1. The van der Waals surface area contributed by atoms with Crippen molar-refractivity contribution in [3.63, 3.8) is 0 Å². The molecule has 4 rings (SSSR count). The summed E-state index contributed by atoms with van der Waals surface area (Å²) in [6.45, 7) is 3.18. The average molecular weight is 462 g/mol. The summed E-state index contributed by atoms with van der Waals surface area (Å²) in [6, 6.07) is 6.11. The lowest BCUT2D eigenvalue weighted by molar-refractivity contribution is -0.136. The van der Waals surface area contributed by atoms with Gasteiger partial charge in [0.15, 0.2) is 0 Å². The van der Waals surface area contributed by atoms with Gasteiger partial charge in [0.2, 0.25) is 5.91 Å². The number of amides is 1. The molecule has 3 aliphatic rings. The van der Waals surface area contributed by atoms with Crippen molar-refractivity contribution in [2.45, 2.75) is 69.1 Å². The highest BCUT2D eigenvalue weighted by Crippen LogP contribution is 2.43. The number of halogens is 3. The second-order valence-corrected chi connectivity index (χ2v) is 9.50. The number of ether oxygens (including phenoxy) is 1. The number of hydrogen-bond donors (Lipinski definition) is 0. The summed E-state index contributed by atoms with van der Waals surface area (Å²) in [7, 11) is 1.97. The third kappa shape index (κ3) is 5.04. The molecule has 29 heavy (non-hydrogen) atoms. The van der Waals surface area contributed by atoms with Crippen LogP contribution in [0.3, 0.4) is 0 Å². The molecule has 3 unspecified atom stereocenters. The van der Waals surface area contributed by atoms with E-state index >= 15 is 0 Å². The van der Waals surface area contributed by atoms with Crippen LogP contribution in [0.2, 0.25) is 10.0 Å². The molecule has 1 amide bonds. The molecule has 1 aromatic carbocycles. The van der Waals surface area contributed by atoms with Gasteiger partial charge in [0.05, 0.1) is 22.1 Å². The molecule has 2 heterocycles. The Labute approximate surface area is 190 Å². The summed E-state index contributed by atoms with van der Waals surface area (Å²) in [6.07, 6.45) is 8.36. The molecule has 1 aliphatic carbocycles. The van der Waals surface area contributed by atoms with Crippen molar-refractivity contribution in [3.8, 4) is 0 Å². The van der Waals surface area contributed by atoms with E-state index in [0.29, 0.717) is 22.5 Å². The van der Waals surface area contributed by atoms with Crippen molar-refractivity contribution in [1.29, 1.82) is 0 Å². The van der Waals surface area contributed by atoms with E-state index in [9.17, 15) is 4.79 Å². The van der Waals surface area contributed by atoms with Gasteiger partial charge in [-0.1, -0.05) is 29.3 Å². The summed E-state index contributed by atoms with van der Waals surface area (Å²) in [5, 5.41) is 1.03. The van der Waals surface area contributed by atoms with E-state index in [0.717, 1.165) is 44.5 Å². The number of carbonyl (C=O) groups excluding carboxylic acids is 1. The summed E-state index contributed by atoms with van der Waals surface area (Å²) in [5.74, 6) is 0.149. The number of nitrogens with zero attached hydrogens (tertiary/aromatic N) is 2. The van der Waals surface area contributed by atoms with Crippen molar-refractivity contribution in [1.82, 2.24) is 9.80 Å². The molecule has 2 aliphatic heterocycles. The van der Waals surface area contributed by atoms with Crippen LogP contribution >= 0.6 is 35.6 Å². The lowest BCUT2D eigenvalue weighted by atomic mass is 9.76. The third-order valence-corrected chi connectivity index (χ3v) is 7.68. The van der Waals surface area contributed by atoms with Crippen LogP contribution in [0.4, 0.5) is 0 Å². The Bertz CT molecular complexity index is 718. The fraction of sp³-hybridized carbons (Fsp3) is 0.682. The first kappa shape index (κ1) is 23.1. The summed E-state index contributed by atoms with van der Waals surface area (Å²) in [5.41, 5.74) is 0.965. The molecule has 0 aromatic heterocycles. The summed E-state index contributed by atoms with van der Waals surface area (Å²) < 4.78 is 6.22. The molecular formula is C22H31Cl3N2O2. The van der Waals surface area contributed by atoms with Crippen molar-refractivity contribution in [2.75, 3.05) is 26.7 Å². The van der Waals surface area contributed by atoms with Gasteiger partial charge in [-0.2, -0.15) is 0 Å². The van der Waals surface area contributed by atoms with Crippen LogP contribution < -0.4 is 0 Å². The molecule has 3 fully saturated rings. The predicted molar refractivity (Wildman–Crippen MR) is 120 cm³/mol. The normalized spacial score (nSPS) is 29.8. The summed E-state index contributed by atoms with van der Waals surface area (Å²) in [4.78, 5) is 17.7. The van der Waals surface area contributed by atoms with Crippen LogP contribution in [-0.4, -0.2) is 60.1 Å². The molecule has 7 heteroatoms. The topological polar surface area (TPSA) is 32.8 Å². The molecule has 0 radical (unpaired) electrons. The smallest absolute Gasteiger partial charge is 0.227 e. The van der Waals surface area contributed by atoms with Crippen LogP contribution in [0.25, 0.3) is 0 Å². The van der Waals surface area contributed by atoms with E-state index in [1.165, 1.54) is 25.7 Å². The van der Waals surface area contributed by atoms with Crippen LogP contribution in [0.1, 0.15) is 50.5 Å². The van der Waals surface area contributed by atoms with Gasteiger partial charge in [-0.25, -0.2) is 0 Å². The van der Waals surface area contributed by atoms with Crippen molar-refractivity contribution < 1.29 is 9.53 Å². The standard InChI is InChI=1S/C22H30Cl2N2O2.ClH/c1-25(21(27)14-16-5-6-17(23)18(24)13-16)19-7-9-22(8-4-12-28-22)15-20(19)26-10-2-3-11-26;/h5-6,13,19-20H,2-4,7-12,14-15H2,1H3;1H. The Hall–Kier alpha value is -0.520. The monoisotopic (exact) mass is 460 g/mol. The second kappa shape index (κ2) is 9.74. The maximum atomic E-state index is 13.1. The molecule has 2 saturated heterocycles. The molecule has 0 N–H and O–H groups in total. The molecule has 1 saturated carbocycles. The zero-order valence-electron chi connectivity index (χ0n) is 17.0. The Kier molecular flexibility index (Phi) is 7.77. The first-order valence-corrected chi connectivity index (χ1v) is 11.3. The summed E-state index contributed by atoms with van der Waals surface area (Å²) >= 11 is 12.1. The highest BCUT2D eigenvalue weighted by molar-refractivity contribution is 6.42. The number of hydrogen-bond acceptors (Lipinski definition) is 3. The van der Waals surface area contributed by atoms with Gasteiger partial charge in [-0.3, -0.25) is 9.69 Å². The number of benzene rings is 1. The molecule has 4 nitrogen and oxygen atoms in total. The fourth-order valence-corrected chi connectivity index (χ4v) is 5.69. The Balaban J connectivity index is 0.00000240. The van der Waals surface area contributed by atoms with Crippen LogP contribution in [0, 0.1) is 0 Å². The largest absolute Gasteiger partial charge is 0.375 e. The highest BCUT2D eigenvalue weighted by Gasteiger charge is 2.47. The molecule has 0 bridgehead atoms. The minimum Gasteiger partial charge on any atom is -0.375 e. The minimum atomic E-state index is 0. The van der Waals surface area contributed by atoms with Gasteiger partial charge in [0.1, 0.15) is 0 Å². The van der Waals surface area contributed by atoms with Crippen molar-refractivity contribution in [3.05, 3.63) is 33.8 Å². The second-order valence-electron chi connectivity index (χ2n) is 8.69.